The molecule has 1 amide bonds. The van der Waals surface area contributed by atoms with Crippen molar-refractivity contribution in [2.24, 2.45) is 0 Å². The summed E-state index contributed by atoms with van der Waals surface area (Å²) >= 11 is 1.55. The van der Waals surface area contributed by atoms with Crippen LogP contribution in [0.1, 0.15) is 17.3 Å². The summed E-state index contributed by atoms with van der Waals surface area (Å²) < 4.78 is 1.05. The van der Waals surface area contributed by atoms with Crippen molar-refractivity contribution in [2.75, 3.05) is 17.2 Å². The van der Waals surface area contributed by atoms with Gasteiger partial charge in [-0.25, -0.2) is 9.97 Å². The highest BCUT2D eigenvalue weighted by Crippen LogP contribution is 2.22. The fourth-order valence-electron chi connectivity index (χ4n) is 1.95. The van der Waals surface area contributed by atoms with Crippen molar-refractivity contribution in [3.63, 3.8) is 0 Å². The molecule has 0 spiro atoms. The first-order valence-electron chi connectivity index (χ1n) is 6.61. The smallest absolute Gasteiger partial charge is 0.257 e. The number of fused-ring (bicyclic) bond motifs is 1. The lowest BCUT2D eigenvalue weighted by molar-refractivity contribution is 0.102. The van der Waals surface area contributed by atoms with Crippen LogP contribution in [0.3, 0.4) is 0 Å². The van der Waals surface area contributed by atoms with E-state index in [0.717, 1.165) is 28.3 Å². The maximum absolute atomic E-state index is 12.2. The molecule has 0 radical (unpaired) electrons. The van der Waals surface area contributed by atoms with Crippen LogP contribution in [0.4, 0.5) is 11.5 Å². The second-order valence-electron chi connectivity index (χ2n) is 4.45. The highest BCUT2D eigenvalue weighted by atomic mass is 32.1. The van der Waals surface area contributed by atoms with Crippen LogP contribution in [0, 0.1) is 0 Å². The molecule has 0 saturated heterocycles. The Labute approximate surface area is 126 Å². The molecule has 2 aromatic heterocycles. The van der Waals surface area contributed by atoms with E-state index in [-0.39, 0.29) is 5.91 Å². The number of aromatic nitrogens is 2. The highest BCUT2D eigenvalue weighted by Gasteiger charge is 2.07. The quantitative estimate of drug-likeness (QED) is 0.775. The fraction of sp³-hybridized carbons (Fsp3) is 0.133. The van der Waals surface area contributed by atoms with Crippen LogP contribution in [0.5, 0.6) is 0 Å². The summed E-state index contributed by atoms with van der Waals surface area (Å²) in [4.78, 5) is 20.6. The summed E-state index contributed by atoms with van der Waals surface area (Å²) in [6, 6.07) is 9.22. The van der Waals surface area contributed by atoms with Gasteiger partial charge in [-0.15, -0.1) is 11.3 Å². The number of nitrogens with zero attached hydrogens (tertiary/aromatic N) is 2. The number of hydrogen-bond acceptors (Lipinski definition) is 5. The van der Waals surface area contributed by atoms with E-state index in [1.54, 1.807) is 35.2 Å². The van der Waals surface area contributed by atoms with Crippen molar-refractivity contribution in [3.05, 3.63) is 47.6 Å². The van der Waals surface area contributed by atoms with Crippen molar-refractivity contribution in [1.29, 1.82) is 0 Å². The normalized spacial score (nSPS) is 10.5. The number of carbonyl (C=O) groups excluding carboxylic acids is 1. The topological polar surface area (TPSA) is 66.9 Å². The first-order valence-corrected chi connectivity index (χ1v) is 7.49. The Kier molecular flexibility index (Phi) is 3.79. The minimum absolute atomic E-state index is 0.172. The van der Waals surface area contributed by atoms with Gasteiger partial charge in [-0.3, -0.25) is 4.79 Å². The van der Waals surface area contributed by atoms with Gasteiger partial charge in [0.15, 0.2) is 0 Å². The third-order valence-corrected chi connectivity index (χ3v) is 3.76. The fourth-order valence-corrected chi connectivity index (χ4v) is 2.67. The van der Waals surface area contributed by atoms with Gasteiger partial charge in [-0.1, -0.05) is 0 Å². The number of benzene rings is 1. The van der Waals surface area contributed by atoms with E-state index >= 15 is 0 Å². The zero-order valence-electron chi connectivity index (χ0n) is 11.5. The Balaban J connectivity index is 1.75. The molecule has 0 aliphatic rings. The SMILES string of the molecule is CCNc1ccc(C(=O)Nc2ccc3ncsc3c2)cn1. The summed E-state index contributed by atoms with van der Waals surface area (Å²) in [5, 5.41) is 5.96. The first kappa shape index (κ1) is 13.5. The van der Waals surface area contributed by atoms with Gasteiger partial charge in [0.1, 0.15) is 5.82 Å². The number of anilines is 2. The van der Waals surface area contributed by atoms with Gasteiger partial charge in [0.25, 0.3) is 5.91 Å². The second kappa shape index (κ2) is 5.88. The van der Waals surface area contributed by atoms with Gasteiger partial charge >= 0.3 is 0 Å². The molecule has 0 aliphatic carbocycles. The predicted octanol–water partition coefficient (Wildman–Crippen LogP) is 3.38. The Morgan fingerprint density at radius 2 is 2.14 bits per heavy atom. The maximum Gasteiger partial charge on any atom is 0.257 e. The van der Waals surface area contributed by atoms with Crippen LogP contribution >= 0.6 is 11.3 Å². The number of nitrogens with one attached hydrogen (secondary N) is 2. The molecule has 0 atom stereocenters. The average molecular weight is 298 g/mol. The van der Waals surface area contributed by atoms with Crippen molar-refractivity contribution in [2.45, 2.75) is 6.92 Å². The minimum atomic E-state index is -0.172. The van der Waals surface area contributed by atoms with E-state index in [4.69, 9.17) is 0 Å². The van der Waals surface area contributed by atoms with Crippen molar-refractivity contribution in [1.82, 2.24) is 9.97 Å². The van der Waals surface area contributed by atoms with E-state index in [2.05, 4.69) is 20.6 Å². The summed E-state index contributed by atoms with van der Waals surface area (Å²) in [6.07, 6.45) is 1.57. The molecule has 6 heteroatoms. The van der Waals surface area contributed by atoms with E-state index in [0.29, 0.717) is 5.56 Å². The van der Waals surface area contributed by atoms with Crippen LogP contribution < -0.4 is 10.6 Å². The Morgan fingerprint density at radius 1 is 1.24 bits per heavy atom. The van der Waals surface area contributed by atoms with Crippen LogP contribution in [0.15, 0.2) is 42.0 Å². The molecular formula is C15H14N4OS. The third-order valence-electron chi connectivity index (χ3n) is 2.97. The molecular weight excluding hydrogens is 284 g/mol. The molecule has 21 heavy (non-hydrogen) atoms. The molecule has 106 valence electrons. The van der Waals surface area contributed by atoms with Gasteiger partial charge in [0.2, 0.25) is 0 Å². The van der Waals surface area contributed by atoms with E-state index in [9.17, 15) is 4.79 Å². The minimum Gasteiger partial charge on any atom is -0.370 e. The molecule has 3 rings (SSSR count). The lowest BCUT2D eigenvalue weighted by Gasteiger charge is -2.06. The van der Waals surface area contributed by atoms with Crippen molar-refractivity contribution < 1.29 is 4.79 Å². The molecule has 0 saturated carbocycles. The molecule has 2 N–H and O–H groups in total. The number of carbonyl (C=O) groups is 1. The highest BCUT2D eigenvalue weighted by molar-refractivity contribution is 7.16. The molecule has 0 aliphatic heterocycles. The van der Waals surface area contributed by atoms with E-state index in [1.807, 2.05) is 25.1 Å². The van der Waals surface area contributed by atoms with Crippen molar-refractivity contribution in [3.8, 4) is 0 Å². The number of hydrogen-bond donors (Lipinski definition) is 2. The van der Waals surface area contributed by atoms with E-state index in [1.165, 1.54) is 0 Å². The third kappa shape index (κ3) is 3.00. The van der Waals surface area contributed by atoms with E-state index < -0.39 is 0 Å². The number of pyridine rings is 1. The summed E-state index contributed by atoms with van der Waals surface area (Å²) in [5.74, 6) is 0.592. The second-order valence-corrected chi connectivity index (χ2v) is 5.34. The standard InChI is InChI=1S/C15H14N4OS/c1-2-16-14-6-3-10(8-17-14)15(20)19-11-4-5-12-13(7-11)21-9-18-12/h3-9H,2H2,1H3,(H,16,17)(H,19,20). The molecule has 1 aromatic carbocycles. The first-order chi connectivity index (χ1) is 10.3. The molecule has 2 heterocycles. The predicted molar refractivity (Wildman–Crippen MR) is 86.0 cm³/mol. The van der Waals surface area contributed by atoms with Gasteiger partial charge in [-0.2, -0.15) is 0 Å². The van der Waals surface area contributed by atoms with Gasteiger partial charge in [0.05, 0.1) is 21.3 Å². The molecule has 5 nitrogen and oxygen atoms in total. The largest absolute Gasteiger partial charge is 0.370 e. The maximum atomic E-state index is 12.2. The Morgan fingerprint density at radius 3 is 2.90 bits per heavy atom. The summed E-state index contributed by atoms with van der Waals surface area (Å²) in [5.41, 5.74) is 4.02. The number of rotatable bonds is 4. The average Bonchev–Trinajstić information content (AvgIpc) is 2.96. The van der Waals surface area contributed by atoms with Gasteiger partial charge < -0.3 is 10.6 Å². The van der Waals surface area contributed by atoms with Crippen LogP contribution in [0.2, 0.25) is 0 Å². The lowest BCUT2D eigenvalue weighted by atomic mass is 10.2. The molecule has 0 fully saturated rings. The summed E-state index contributed by atoms with van der Waals surface area (Å²) in [6.45, 7) is 2.80. The molecule has 0 unspecified atom stereocenters. The number of thiazole rings is 1. The Hall–Kier alpha value is -2.47. The monoisotopic (exact) mass is 298 g/mol. The zero-order chi connectivity index (χ0) is 14.7. The molecule has 0 bridgehead atoms. The lowest BCUT2D eigenvalue weighted by Crippen LogP contribution is -2.12. The van der Waals surface area contributed by atoms with Crippen molar-refractivity contribution >= 4 is 39.0 Å². The molecule has 3 aromatic rings. The van der Waals surface area contributed by atoms with Gasteiger partial charge in [0, 0.05) is 18.4 Å². The number of amides is 1. The summed E-state index contributed by atoms with van der Waals surface area (Å²) in [7, 11) is 0. The van der Waals surface area contributed by atoms with Crippen LogP contribution in [-0.2, 0) is 0 Å². The Bertz CT molecular complexity index is 767. The zero-order valence-corrected chi connectivity index (χ0v) is 12.3. The van der Waals surface area contributed by atoms with Crippen LogP contribution in [0.25, 0.3) is 10.2 Å². The van der Waals surface area contributed by atoms with Crippen LogP contribution in [-0.4, -0.2) is 22.4 Å². The van der Waals surface area contributed by atoms with Gasteiger partial charge in [-0.05, 0) is 37.3 Å².